The highest BCUT2D eigenvalue weighted by Crippen LogP contribution is 2.26. The van der Waals surface area contributed by atoms with E-state index in [2.05, 4.69) is 5.32 Å². The summed E-state index contributed by atoms with van der Waals surface area (Å²) in [6.07, 6.45) is 2.11. The number of amides is 3. The first-order valence-electron chi connectivity index (χ1n) is 10.9. The van der Waals surface area contributed by atoms with Gasteiger partial charge in [0.05, 0.1) is 31.8 Å². The van der Waals surface area contributed by atoms with Crippen molar-refractivity contribution in [3.63, 3.8) is 0 Å². The third kappa shape index (κ3) is 4.72. The molecule has 0 unspecified atom stereocenters. The monoisotopic (exact) mass is 451 g/mol. The van der Waals surface area contributed by atoms with Gasteiger partial charge in [0.2, 0.25) is 0 Å². The molecule has 1 aliphatic rings. The molecule has 9 heteroatoms. The quantitative estimate of drug-likeness (QED) is 0.620. The van der Waals surface area contributed by atoms with Crippen LogP contribution < -0.4 is 14.8 Å². The van der Waals surface area contributed by atoms with E-state index >= 15 is 0 Å². The first-order valence-corrected chi connectivity index (χ1v) is 10.9. The topological polar surface area (TPSA) is 88.9 Å². The predicted molar refractivity (Wildman–Crippen MR) is 126 cm³/mol. The summed E-state index contributed by atoms with van der Waals surface area (Å²) in [6.45, 7) is 1.92. The third-order valence-electron chi connectivity index (χ3n) is 5.94. The molecule has 3 aromatic rings. The number of aryl methyl sites for hydroxylation is 1. The number of nitrogens with zero attached hydrogens (tertiary/aromatic N) is 4. The number of fused-ring (bicyclic) bond motifs is 1. The Labute approximate surface area is 192 Å². The Morgan fingerprint density at radius 2 is 1.73 bits per heavy atom. The molecule has 174 valence electrons. The largest absolute Gasteiger partial charge is 0.497 e. The molecule has 3 amide bonds. The summed E-state index contributed by atoms with van der Waals surface area (Å²) in [5, 5.41) is 2.86. The molecule has 1 aliphatic heterocycles. The Morgan fingerprint density at radius 1 is 1.06 bits per heavy atom. The van der Waals surface area contributed by atoms with Crippen molar-refractivity contribution in [1.29, 1.82) is 0 Å². The Hall–Kier alpha value is -3.75. The Kier molecular flexibility index (Phi) is 6.39. The van der Waals surface area contributed by atoms with Crippen LogP contribution in [-0.2, 0) is 13.6 Å². The van der Waals surface area contributed by atoms with Crippen molar-refractivity contribution in [2.75, 3.05) is 39.7 Å². The minimum absolute atomic E-state index is 0.0480. The van der Waals surface area contributed by atoms with Crippen LogP contribution in [0.3, 0.4) is 0 Å². The fraction of sp³-hybridized carbons (Fsp3) is 0.375. The summed E-state index contributed by atoms with van der Waals surface area (Å²) in [7, 11) is 6.73. The molecular formula is C24H29N5O4. The number of nitrogens with one attached hydrogen (secondary N) is 1. The number of aromatic nitrogens is 2. The van der Waals surface area contributed by atoms with Gasteiger partial charge in [-0.25, -0.2) is 9.78 Å². The summed E-state index contributed by atoms with van der Waals surface area (Å²) in [5.41, 5.74) is 2.86. The maximum Gasteiger partial charge on any atom is 0.321 e. The number of likely N-dealkylation sites (tertiary alicyclic amines) is 1. The van der Waals surface area contributed by atoms with Crippen LogP contribution in [0.25, 0.3) is 11.0 Å². The average molecular weight is 452 g/mol. The molecule has 0 atom stereocenters. The molecule has 0 saturated carbocycles. The molecule has 0 radical (unpaired) electrons. The number of hydrogen-bond acceptors (Lipinski definition) is 5. The van der Waals surface area contributed by atoms with Crippen molar-refractivity contribution in [3.8, 4) is 11.5 Å². The zero-order valence-corrected chi connectivity index (χ0v) is 19.4. The zero-order chi connectivity index (χ0) is 23.5. The molecule has 2 aromatic carbocycles. The van der Waals surface area contributed by atoms with Crippen LogP contribution in [0, 0.1) is 0 Å². The highest BCUT2D eigenvalue weighted by atomic mass is 16.5. The number of urea groups is 1. The second-order valence-electron chi connectivity index (χ2n) is 8.18. The van der Waals surface area contributed by atoms with Gasteiger partial charge in [-0.1, -0.05) is 0 Å². The predicted octanol–water partition coefficient (Wildman–Crippen LogP) is 3.49. The summed E-state index contributed by atoms with van der Waals surface area (Å²) in [4.78, 5) is 33.6. The number of benzene rings is 2. The first kappa shape index (κ1) is 22.4. The minimum atomic E-state index is -0.290. The van der Waals surface area contributed by atoms with Gasteiger partial charge in [0.25, 0.3) is 5.91 Å². The third-order valence-corrected chi connectivity index (χ3v) is 5.94. The van der Waals surface area contributed by atoms with Crippen molar-refractivity contribution < 1.29 is 19.1 Å². The van der Waals surface area contributed by atoms with Crippen molar-refractivity contribution >= 4 is 28.7 Å². The molecule has 1 saturated heterocycles. The van der Waals surface area contributed by atoms with Crippen molar-refractivity contribution in [2.24, 2.45) is 7.05 Å². The number of rotatable bonds is 6. The molecule has 0 bridgehead atoms. The number of hydrogen-bond donors (Lipinski definition) is 1. The van der Waals surface area contributed by atoms with E-state index in [9.17, 15) is 9.59 Å². The smallest absolute Gasteiger partial charge is 0.321 e. The Morgan fingerprint density at radius 3 is 2.36 bits per heavy atom. The van der Waals surface area contributed by atoms with Crippen LogP contribution in [-0.4, -0.2) is 65.6 Å². The van der Waals surface area contributed by atoms with E-state index in [0.29, 0.717) is 29.3 Å². The minimum Gasteiger partial charge on any atom is -0.497 e. The molecular weight excluding hydrogens is 422 g/mol. The summed E-state index contributed by atoms with van der Waals surface area (Å²) in [6, 6.07) is 10.5. The van der Waals surface area contributed by atoms with Gasteiger partial charge in [0.1, 0.15) is 17.3 Å². The van der Waals surface area contributed by atoms with Crippen LogP contribution in [0.5, 0.6) is 11.5 Å². The number of carbonyl (C=O) groups is 2. The second-order valence-corrected chi connectivity index (χ2v) is 8.18. The lowest BCUT2D eigenvalue weighted by atomic mass is 10.2. The fourth-order valence-electron chi connectivity index (χ4n) is 4.01. The van der Waals surface area contributed by atoms with Gasteiger partial charge in [-0.15, -0.1) is 0 Å². The maximum atomic E-state index is 12.8. The van der Waals surface area contributed by atoms with E-state index in [-0.39, 0.29) is 11.9 Å². The van der Waals surface area contributed by atoms with Crippen LogP contribution in [0.4, 0.5) is 10.5 Å². The van der Waals surface area contributed by atoms with E-state index in [1.165, 1.54) is 0 Å². The van der Waals surface area contributed by atoms with Crippen LogP contribution in [0.1, 0.15) is 29.0 Å². The first-order chi connectivity index (χ1) is 15.9. The van der Waals surface area contributed by atoms with Crippen molar-refractivity contribution in [1.82, 2.24) is 19.4 Å². The molecule has 1 fully saturated rings. The van der Waals surface area contributed by atoms with Crippen LogP contribution in [0.2, 0.25) is 0 Å². The number of imidazole rings is 1. The Bertz CT molecular complexity index is 1160. The molecule has 0 spiro atoms. The lowest BCUT2D eigenvalue weighted by Crippen LogP contribution is -2.31. The van der Waals surface area contributed by atoms with Gasteiger partial charge in [-0.3, -0.25) is 4.79 Å². The van der Waals surface area contributed by atoms with E-state index in [0.717, 1.165) is 42.8 Å². The van der Waals surface area contributed by atoms with Crippen molar-refractivity contribution in [3.05, 3.63) is 47.8 Å². The standard InChI is InChI=1S/C24H29N5O4/c1-27(24(31)25-17-12-18(32-3)14-19(13-17)33-4)15-22-26-20-11-16(7-8-21(20)28(22)2)23(30)29-9-5-6-10-29/h7-8,11-14H,5-6,9-10,15H2,1-4H3,(H,25,31). The summed E-state index contributed by atoms with van der Waals surface area (Å²) >= 11 is 0. The molecule has 1 N–H and O–H groups in total. The lowest BCUT2D eigenvalue weighted by Gasteiger charge is -2.18. The van der Waals surface area contributed by atoms with Gasteiger partial charge in [-0.2, -0.15) is 0 Å². The summed E-state index contributed by atoms with van der Waals surface area (Å²) in [5.74, 6) is 1.94. The molecule has 33 heavy (non-hydrogen) atoms. The average Bonchev–Trinajstić information content (AvgIpc) is 3.46. The van der Waals surface area contributed by atoms with Crippen LogP contribution >= 0.6 is 0 Å². The van der Waals surface area contributed by atoms with E-state index < -0.39 is 0 Å². The SMILES string of the molecule is COc1cc(NC(=O)N(C)Cc2nc3cc(C(=O)N4CCCC4)ccc3n2C)cc(OC)c1. The lowest BCUT2D eigenvalue weighted by molar-refractivity contribution is 0.0793. The highest BCUT2D eigenvalue weighted by molar-refractivity contribution is 5.97. The van der Waals surface area contributed by atoms with Crippen LogP contribution in [0.15, 0.2) is 36.4 Å². The second kappa shape index (κ2) is 9.40. The molecule has 9 nitrogen and oxygen atoms in total. The van der Waals surface area contributed by atoms with E-state index in [1.807, 2.05) is 34.7 Å². The maximum absolute atomic E-state index is 12.8. The number of methoxy groups -OCH3 is 2. The van der Waals surface area contributed by atoms with Gasteiger partial charge in [0.15, 0.2) is 0 Å². The molecule has 0 aliphatic carbocycles. The van der Waals surface area contributed by atoms with Crippen molar-refractivity contribution in [2.45, 2.75) is 19.4 Å². The van der Waals surface area contributed by atoms with Gasteiger partial charge < -0.3 is 29.2 Å². The highest BCUT2D eigenvalue weighted by Gasteiger charge is 2.21. The number of carbonyl (C=O) groups excluding carboxylic acids is 2. The van der Waals surface area contributed by atoms with Gasteiger partial charge in [0, 0.05) is 56.6 Å². The molecule has 2 heterocycles. The summed E-state index contributed by atoms with van der Waals surface area (Å²) < 4.78 is 12.5. The van der Waals surface area contributed by atoms with Gasteiger partial charge in [-0.05, 0) is 31.0 Å². The zero-order valence-electron chi connectivity index (χ0n) is 19.4. The number of anilines is 1. The Balaban J connectivity index is 1.49. The molecule has 4 rings (SSSR count). The normalized spacial score (nSPS) is 13.3. The molecule has 1 aromatic heterocycles. The fourth-order valence-corrected chi connectivity index (χ4v) is 4.01. The van der Waals surface area contributed by atoms with Gasteiger partial charge >= 0.3 is 6.03 Å². The van der Waals surface area contributed by atoms with E-state index in [4.69, 9.17) is 14.5 Å². The van der Waals surface area contributed by atoms with E-state index in [1.54, 1.807) is 44.4 Å². The number of ether oxygens (including phenoxy) is 2.